The van der Waals surface area contributed by atoms with Crippen molar-refractivity contribution in [1.82, 2.24) is 4.98 Å². The number of anilines is 1. The molecule has 0 saturated heterocycles. The van der Waals surface area contributed by atoms with Crippen molar-refractivity contribution in [1.29, 1.82) is 0 Å². The first-order chi connectivity index (χ1) is 8.45. The van der Waals surface area contributed by atoms with Crippen LogP contribution in [0, 0.1) is 5.92 Å². The van der Waals surface area contributed by atoms with Crippen LogP contribution >= 0.6 is 0 Å². The number of rotatable bonds is 6. The summed E-state index contributed by atoms with van der Waals surface area (Å²) in [5.74, 6) is 0.0473. The van der Waals surface area contributed by atoms with E-state index in [1.807, 2.05) is 4.90 Å². The minimum Gasteiger partial charge on any atom is -0.461 e. The van der Waals surface area contributed by atoms with Crippen LogP contribution in [0.3, 0.4) is 0 Å². The second-order valence-corrected chi connectivity index (χ2v) is 4.88. The lowest BCUT2D eigenvalue weighted by molar-refractivity contribution is 0.0519. The minimum atomic E-state index is -0.444. The lowest BCUT2D eigenvalue weighted by atomic mass is 10.2. The van der Waals surface area contributed by atoms with Gasteiger partial charge < -0.3 is 14.1 Å². The van der Waals surface area contributed by atoms with Crippen molar-refractivity contribution in [2.45, 2.75) is 40.7 Å². The van der Waals surface area contributed by atoms with Gasteiger partial charge in [0.25, 0.3) is 6.01 Å². The Labute approximate surface area is 108 Å². The van der Waals surface area contributed by atoms with Gasteiger partial charge in [-0.3, -0.25) is 0 Å². The first kappa shape index (κ1) is 14.5. The van der Waals surface area contributed by atoms with Crippen LogP contribution in [0.1, 0.15) is 45.1 Å². The molecule has 18 heavy (non-hydrogen) atoms. The molecule has 1 aromatic rings. The molecule has 5 heteroatoms. The highest BCUT2D eigenvalue weighted by Crippen LogP contribution is 2.18. The Morgan fingerprint density at radius 2 is 2.11 bits per heavy atom. The van der Waals surface area contributed by atoms with Crippen LogP contribution in [0.2, 0.25) is 0 Å². The van der Waals surface area contributed by atoms with Gasteiger partial charge in [0.1, 0.15) is 6.26 Å². The molecule has 0 aliphatic rings. The maximum absolute atomic E-state index is 11.5. The molecule has 0 aromatic carbocycles. The molecule has 1 rings (SSSR count). The van der Waals surface area contributed by atoms with Gasteiger partial charge in [0.15, 0.2) is 5.69 Å². The standard InChI is InChI=1S/C13H22N2O3/c1-6-17-12(16)11-8-18-13(14-11)15(10(4)5)7-9(2)3/h8-10H,6-7H2,1-5H3. The molecule has 0 aliphatic heterocycles. The fraction of sp³-hybridized carbons (Fsp3) is 0.692. The van der Waals surface area contributed by atoms with Gasteiger partial charge in [0.05, 0.1) is 6.61 Å². The molecular formula is C13H22N2O3. The predicted molar refractivity (Wildman–Crippen MR) is 69.8 cm³/mol. The van der Waals surface area contributed by atoms with E-state index in [-0.39, 0.29) is 11.7 Å². The van der Waals surface area contributed by atoms with Crippen molar-refractivity contribution in [2.75, 3.05) is 18.1 Å². The number of ether oxygens (including phenoxy) is 1. The van der Waals surface area contributed by atoms with E-state index in [1.165, 1.54) is 6.26 Å². The van der Waals surface area contributed by atoms with Crippen LogP contribution in [0.5, 0.6) is 0 Å². The fourth-order valence-corrected chi connectivity index (χ4v) is 1.60. The Balaban J connectivity index is 2.84. The summed E-state index contributed by atoms with van der Waals surface area (Å²) in [6.07, 6.45) is 1.35. The van der Waals surface area contributed by atoms with Crippen LogP contribution in [-0.4, -0.2) is 30.1 Å². The first-order valence-electron chi connectivity index (χ1n) is 6.35. The number of carbonyl (C=O) groups excluding carboxylic acids is 1. The van der Waals surface area contributed by atoms with E-state index in [2.05, 4.69) is 32.7 Å². The van der Waals surface area contributed by atoms with E-state index < -0.39 is 5.97 Å². The van der Waals surface area contributed by atoms with E-state index in [0.717, 1.165) is 6.54 Å². The summed E-state index contributed by atoms with van der Waals surface area (Å²) in [4.78, 5) is 17.7. The number of aromatic nitrogens is 1. The average molecular weight is 254 g/mol. The Hall–Kier alpha value is -1.52. The Morgan fingerprint density at radius 3 is 2.61 bits per heavy atom. The van der Waals surface area contributed by atoms with E-state index in [9.17, 15) is 4.79 Å². The maximum atomic E-state index is 11.5. The summed E-state index contributed by atoms with van der Waals surface area (Å²) < 4.78 is 10.3. The lowest BCUT2D eigenvalue weighted by Gasteiger charge is -2.26. The monoisotopic (exact) mass is 254 g/mol. The van der Waals surface area contributed by atoms with Gasteiger partial charge in [-0.1, -0.05) is 13.8 Å². The van der Waals surface area contributed by atoms with Crippen molar-refractivity contribution >= 4 is 12.0 Å². The van der Waals surface area contributed by atoms with Crippen LogP contribution in [-0.2, 0) is 4.74 Å². The summed E-state index contributed by atoms with van der Waals surface area (Å²) in [7, 11) is 0. The summed E-state index contributed by atoms with van der Waals surface area (Å²) in [5, 5.41) is 0. The quantitative estimate of drug-likeness (QED) is 0.730. The molecule has 0 radical (unpaired) electrons. The largest absolute Gasteiger partial charge is 0.461 e. The number of oxazole rings is 1. The molecule has 5 nitrogen and oxygen atoms in total. The highest BCUT2D eigenvalue weighted by atomic mass is 16.5. The number of esters is 1. The Morgan fingerprint density at radius 1 is 1.44 bits per heavy atom. The Kier molecular flexibility index (Phi) is 5.19. The van der Waals surface area contributed by atoms with Crippen LogP contribution < -0.4 is 4.90 Å². The molecule has 0 N–H and O–H groups in total. The third-order valence-electron chi connectivity index (χ3n) is 2.41. The summed E-state index contributed by atoms with van der Waals surface area (Å²) in [5.41, 5.74) is 0.223. The molecule has 1 aromatic heterocycles. The van der Waals surface area contributed by atoms with Crippen LogP contribution in [0.25, 0.3) is 0 Å². The van der Waals surface area contributed by atoms with Crippen molar-refractivity contribution < 1.29 is 13.9 Å². The number of nitrogens with zero attached hydrogens (tertiary/aromatic N) is 2. The van der Waals surface area contributed by atoms with Crippen molar-refractivity contribution in [2.24, 2.45) is 5.92 Å². The second kappa shape index (κ2) is 6.42. The molecule has 0 bridgehead atoms. The van der Waals surface area contributed by atoms with Gasteiger partial charge in [0.2, 0.25) is 0 Å². The minimum absolute atomic E-state index is 0.223. The predicted octanol–water partition coefficient (Wildman–Crippen LogP) is 2.72. The van der Waals surface area contributed by atoms with Gasteiger partial charge >= 0.3 is 5.97 Å². The highest BCUT2D eigenvalue weighted by Gasteiger charge is 2.20. The van der Waals surface area contributed by atoms with Crippen LogP contribution in [0.15, 0.2) is 10.7 Å². The van der Waals surface area contributed by atoms with Gasteiger partial charge in [-0.2, -0.15) is 4.98 Å². The first-order valence-corrected chi connectivity index (χ1v) is 6.35. The van der Waals surface area contributed by atoms with Crippen LogP contribution in [0.4, 0.5) is 6.01 Å². The molecule has 0 aliphatic carbocycles. The Bertz CT molecular complexity index is 385. The number of hydrogen-bond donors (Lipinski definition) is 0. The summed E-state index contributed by atoms with van der Waals surface area (Å²) >= 11 is 0. The van der Waals surface area contributed by atoms with E-state index in [0.29, 0.717) is 18.5 Å². The van der Waals surface area contributed by atoms with E-state index in [1.54, 1.807) is 6.92 Å². The molecule has 0 saturated carbocycles. The molecular weight excluding hydrogens is 232 g/mol. The zero-order chi connectivity index (χ0) is 13.7. The SMILES string of the molecule is CCOC(=O)c1coc(N(CC(C)C)C(C)C)n1. The van der Waals surface area contributed by atoms with Crippen molar-refractivity contribution in [3.63, 3.8) is 0 Å². The molecule has 0 unspecified atom stereocenters. The van der Waals surface area contributed by atoms with Gasteiger partial charge in [-0.05, 0) is 26.7 Å². The molecule has 0 fully saturated rings. The smallest absolute Gasteiger partial charge is 0.360 e. The molecule has 1 heterocycles. The molecule has 0 amide bonds. The fourth-order valence-electron chi connectivity index (χ4n) is 1.60. The third-order valence-corrected chi connectivity index (χ3v) is 2.41. The maximum Gasteiger partial charge on any atom is 0.360 e. The molecule has 0 atom stereocenters. The topological polar surface area (TPSA) is 55.6 Å². The molecule has 102 valence electrons. The number of carbonyl (C=O) groups is 1. The van der Waals surface area contributed by atoms with Gasteiger partial charge in [-0.25, -0.2) is 4.79 Å². The summed E-state index contributed by atoms with van der Waals surface area (Å²) in [6.45, 7) is 11.3. The van der Waals surface area contributed by atoms with Gasteiger partial charge in [0, 0.05) is 12.6 Å². The van der Waals surface area contributed by atoms with E-state index >= 15 is 0 Å². The second-order valence-electron chi connectivity index (χ2n) is 4.88. The average Bonchev–Trinajstić information content (AvgIpc) is 2.74. The lowest BCUT2D eigenvalue weighted by Crippen LogP contribution is -2.34. The van der Waals surface area contributed by atoms with E-state index in [4.69, 9.17) is 9.15 Å². The third kappa shape index (κ3) is 3.75. The summed E-state index contributed by atoms with van der Waals surface area (Å²) in [6, 6.07) is 0.739. The van der Waals surface area contributed by atoms with Gasteiger partial charge in [-0.15, -0.1) is 0 Å². The number of hydrogen-bond acceptors (Lipinski definition) is 5. The highest BCUT2D eigenvalue weighted by molar-refractivity contribution is 5.87. The van der Waals surface area contributed by atoms with Crippen molar-refractivity contribution in [3.8, 4) is 0 Å². The van der Waals surface area contributed by atoms with Crippen molar-refractivity contribution in [3.05, 3.63) is 12.0 Å². The normalized spacial score (nSPS) is 11.1. The molecule has 0 spiro atoms. The zero-order valence-corrected chi connectivity index (χ0v) is 11.8. The zero-order valence-electron chi connectivity index (χ0n) is 11.8.